The van der Waals surface area contributed by atoms with Crippen LogP contribution in [-0.2, 0) is 22.6 Å². The standard InChI is InChI=1S/C28H24ClIN2O5/c1-3-19-7-5-6-8-23(19)32-27(34)21(26(33)31-28(32)35)13-18-14-22(30)25(24(15-18)36-4-2)37-16-17-9-11-20(29)12-10-17/h5-15H,3-4,16H2,1-2H3,(H,31,33,35)/b21-13-. The third kappa shape index (κ3) is 5.97. The fraction of sp³-hybridized carbons (Fsp3) is 0.179. The fourth-order valence-corrected chi connectivity index (χ4v) is 4.79. The summed E-state index contributed by atoms with van der Waals surface area (Å²) in [7, 11) is 0. The van der Waals surface area contributed by atoms with Crippen molar-refractivity contribution >= 4 is 63.8 Å². The summed E-state index contributed by atoms with van der Waals surface area (Å²) in [5.41, 5.74) is 2.61. The lowest BCUT2D eigenvalue weighted by Crippen LogP contribution is -2.54. The van der Waals surface area contributed by atoms with Crippen LogP contribution in [0.3, 0.4) is 0 Å². The fourth-order valence-electron chi connectivity index (χ4n) is 3.88. The van der Waals surface area contributed by atoms with Crippen LogP contribution < -0.4 is 19.7 Å². The number of hydrogen-bond acceptors (Lipinski definition) is 5. The van der Waals surface area contributed by atoms with Crippen molar-refractivity contribution in [3.05, 3.63) is 91.5 Å². The maximum atomic E-state index is 13.4. The predicted octanol–water partition coefficient (Wildman–Crippen LogP) is 6.15. The first-order valence-electron chi connectivity index (χ1n) is 11.6. The number of rotatable bonds is 8. The summed E-state index contributed by atoms with van der Waals surface area (Å²) in [5, 5.41) is 2.92. The molecule has 0 saturated carbocycles. The lowest BCUT2D eigenvalue weighted by molar-refractivity contribution is -0.122. The van der Waals surface area contributed by atoms with Crippen molar-refractivity contribution in [2.45, 2.75) is 26.9 Å². The van der Waals surface area contributed by atoms with Gasteiger partial charge in [0.1, 0.15) is 12.2 Å². The Balaban J connectivity index is 1.67. The smallest absolute Gasteiger partial charge is 0.335 e. The van der Waals surface area contributed by atoms with Crippen LogP contribution in [0.2, 0.25) is 5.02 Å². The van der Waals surface area contributed by atoms with Gasteiger partial charge in [-0.1, -0.05) is 48.9 Å². The Morgan fingerprint density at radius 3 is 2.43 bits per heavy atom. The molecule has 0 atom stereocenters. The van der Waals surface area contributed by atoms with Crippen LogP contribution in [0, 0.1) is 3.57 Å². The Bertz CT molecular complexity index is 1390. The number of nitrogens with zero attached hydrogens (tertiary/aromatic N) is 1. The van der Waals surface area contributed by atoms with E-state index in [0.29, 0.717) is 47.4 Å². The normalized spacial score (nSPS) is 14.6. The number of aryl methyl sites for hydroxylation is 1. The number of ether oxygens (including phenoxy) is 2. The molecule has 0 spiro atoms. The highest BCUT2D eigenvalue weighted by Gasteiger charge is 2.37. The van der Waals surface area contributed by atoms with E-state index in [-0.39, 0.29) is 5.57 Å². The van der Waals surface area contributed by atoms with Crippen molar-refractivity contribution in [2.24, 2.45) is 0 Å². The van der Waals surface area contributed by atoms with Crippen molar-refractivity contribution in [1.82, 2.24) is 5.32 Å². The van der Waals surface area contributed by atoms with E-state index in [2.05, 4.69) is 27.9 Å². The van der Waals surface area contributed by atoms with E-state index in [0.717, 1.165) is 19.6 Å². The molecule has 0 aliphatic carbocycles. The molecule has 0 aromatic heterocycles. The SMILES string of the molecule is CCOc1cc(/C=C2/C(=O)NC(=O)N(c3ccccc3CC)C2=O)cc(I)c1OCc1ccc(Cl)cc1. The number of amides is 4. The maximum Gasteiger partial charge on any atom is 0.335 e. The second-order valence-electron chi connectivity index (χ2n) is 8.12. The molecule has 1 aliphatic heterocycles. The average Bonchev–Trinajstić information content (AvgIpc) is 2.87. The number of halogens is 2. The van der Waals surface area contributed by atoms with Gasteiger partial charge in [0.2, 0.25) is 0 Å². The molecule has 1 N–H and O–H groups in total. The van der Waals surface area contributed by atoms with Crippen LogP contribution in [0.5, 0.6) is 11.5 Å². The highest BCUT2D eigenvalue weighted by atomic mass is 127. The molecule has 4 amide bonds. The van der Waals surface area contributed by atoms with E-state index in [1.54, 1.807) is 36.4 Å². The number of anilines is 1. The molecule has 0 unspecified atom stereocenters. The summed E-state index contributed by atoms with van der Waals surface area (Å²) in [4.78, 5) is 39.7. The van der Waals surface area contributed by atoms with Crippen LogP contribution in [0.1, 0.15) is 30.5 Å². The van der Waals surface area contributed by atoms with Crippen LogP contribution in [0.15, 0.2) is 66.2 Å². The molecule has 1 fully saturated rings. The van der Waals surface area contributed by atoms with Gasteiger partial charge in [0.05, 0.1) is 15.9 Å². The van der Waals surface area contributed by atoms with E-state index < -0.39 is 17.8 Å². The van der Waals surface area contributed by atoms with Crippen molar-refractivity contribution in [3.63, 3.8) is 0 Å². The molecule has 3 aromatic rings. The highest BCUT2D eigenvalue weighted by Crippen LogP contribution is 2.36. The number of barbiturate groups is 1. The number of para-hydroxylation sites is 1. The first-order valence-corrected chi connectivity index (χ1v) is 13.1. The van der Waals surface area contributed by atoms with Gasteiger partial charge in [-0.3, -0.25) is 14.9 Å². The molecular formula is C28H24ClIN2O5. The zero-order valence-corrected chi connectivity index (χ0v) is 23.1. The first kappa shape index (κ1) is 26.7. The zero-order chi connectivity index (χ0) is 26.5. The molecular weight excluding hydrogens is 607 g/mol. The van der Waals surface area contributed by atoms with E-state index in [1.165, 1.54) is 6.08 Å². The Morgan fingerprint density at radius 1 is 1.00 bits per heavy atom. The summed E-state index contributed by atoms with van der Waals surface area (Å²) in [6.45, 7) is 4.49. The van der Waals surface area contributed by atoms with Crippen LogP contribution in [-0.4, -0.2) is 24.5 Å². The topological polar surface area (TPSA) is 84.9 Å². The number of benzene rings is 3. The third-order valence-corrected chi connectivity index (χ3v) is 6.71. The summed E-state index contributed by atoms with van der Waals surface area (Å²) in [6.07, 6.45) is 2.08. The predicted molar refractivity (Wildman–Crippen MR) is 151 cm³/mol. The molecule has 3 aromatic carbocycles. The van der Waals surface area contributed by atoms with Crippen LogP contribution >= 0.6 is 34.2 Å². The van der Waals surface area contributed by atoms with E-state index in [4.69, 9.17) is 21.1 Å². The van der Waals surface area contributed by atoms with E-state index in [1.807, 2.05) is 38.1 Å². The Morgan fingerprint density at radius 2 is 1.73 bits per heavy atom. The van der Waals surface area contributed by atoms with Gasteiger partial charge in [-0.05, 0) is 89.0 Å². The quantitative estimate of drug-likeness (QED) is 0.183. The van der Waals surface area contributed by atoms with Gasteiger partial charge < -0.3 is 9.47 Å². The molecule has 190 valence electrons. The molecule has 9 heteroatoms. The molecule has 0 bridgehead atoms. The van der Waals surface area contributed by atoms with Gasteiger partial charge >= 0.3 is 6.03 Å². The first-order chi connectivity index (χ1) is 17.8. The molecule has 7 nitrogen and oxygen atoms in total. The van der Waals surface area contributed by atoms with E-state index in [9.17, 15) is 14.4 Å². The van der Waals surface area contributed by atoms with Crippen molar-refractivity contribution in [2.75, 3.05) is 11.5 Å². The lowest BCUT2D eigenvalue weighted by atomic mass is 10.0. The minimum atomic E-state index is -0.774. The number of urea groups is 1. The zero-order valence-electron chi connectivity index (χ0n) is 20.2. The maximum absolute atomic E-state index is 13.4. The largest absolute Gasteiger partial charge is 0.490 e. The molecule has 1 aliphatic rings. The number of carbonyl (C=O) groups is 3. The third-order valence-electron chi connectivity index (χ3n) is 5.65. The monoisotopic (exact) mass is 630 g/mol. The van der Waals surface area contributed by atoms with Crippen molar-refractivity contribution in [3.8, 4) is 11.5 Å². The molecule has 4 rings (SSSR count). The van der Waals surface area contributed by atoms with Crippen LogP contribution in [0.25, 0.3) is 6.08 Å². The van der Waals surface area contributed by atoms with Crippen molar-refractivity contribution < 1.29 is 23.9 Å². The minimum absolute atomic E-state index is 0.154. The second-order valence-corrected chi connectivity index (χ2v) is 9.72. The van der Waals surface area contributed by atoms with Gasteiger partial charge in [-0.25, -0.2) is 9.69 Å². The number of hydrogen-bond donors (Lipinski definition) is 1. The summed E-state index contributed by atoms with van der Waals surface area (Å²) < 4.78 is 12.6. The van der Waals surface area contributed by atoms with Gasteiger partial charge in [0, 0.05) is 5.02 Å². The van der Waals surface area contributed by atoms with E-state index >= 15 is 0 Å². The average molecular weight is 631 g/mol. The van der Waals surface area contributed by atoms with Gasteiger partial charge in [-0.2, -0.15) is 0 Å². The van der Waals surface area contributed by atoms with Gasteiger partial charge in [0.15, 0.2) is 11.5 Å². The Hall–Kier alpha value is -3.37. The molecule has 37 heavy (non-hydrogen) atoms. The number of imide groups is 2. The van der Waals surface area contributed by atoms with Gasteiger partial charge in [-0.15, -0.1) is 0 Å². The number of nitrogens with one attached hydrogen (secondary N) is 1. The van der Waals surface area contributed by atoms with Crippen LogP contribution in [0.4, 0.5) is 10.5 Å². The van der Waals surface area contributed by atoms with Gasteiger partial charge in [0.25, 0.3) is 11.8 Å². The highest BCUT2D eigenvalue weighted by molar-refractivity contribution is 14.1. The van der Waals surface area contributed by atoms with Crippen molar-refractivity contribution in [1.29, 1.82) is 0 Å². The summed E-state index contributed by atoms with van der Waals surface area (Å²) >= 11 is 8.09. The summed E-state index contributed by atoms with van der Waals surface area (Å²) in [6, 6.07) is 17.2. The lowest BCUT2D eigenvalue weighted by Gasteiger charge is -2.28. The second kappa shape index (κ2) is 11.8. The number of carbonyl (C=O) groups excluding carboxylic acids is 3. The Kier molecular flexibility index (Phi) is 8.50. The Labute approximate surface area is 233 Å². The molecule has 1 heterocycles. The minimum Gasteiger partial charge on any atom is -0.490 e. The summed E-state index contributed by atoms with van der Waals surface area (Å²) in [5.74, 6) is -0.419. The molecule has 0 radical (unpaired) electrons. The molecule has 1 saturated heterocycles.